The summed E-state index contributed by atoms with van der Waals surface area (Å²) >= 11 is 0. The van der Waals surface area contributed by atoms with E-state index in [-0.39, 0.29) is 0 Å². The zero-order valence-electron chi connectivity index (χ0n) is 5.16. The molecule has 5 heteroatoms. The van der Waals surface area contributed by atoms with Crippen molar-refractivity contribution in [1.29, 1.82) is 0 Å². The zero-order valence-corrected chi connectivity index (χ0v) is 6.05. The lowest BCUT2D eigenvalue weighted by Gasteiger charge is -1.94. The molecule has 0 aromatic rings. The second-order valence-corrected chi connectivity index (χ2v) is 2.42. The van der Waals surface area contributed by atoms with Crippen molar-refractivity contribution in [2.45, 2.75) is 13.8 Å². The van der Waals surface area contributed by atoms with Gasteiger partial charge >= 0.3 is 14.2 Å². The summed E-state index contributed by atoms with van der Waals surface area (Å²) in [5.41, 5.74) is 0. The maximum atomic E-state index is 10.3. The summed E-state index contributed by atoms with van der Waals surface area (Å²) in [5, 5.41) is 0. The van der Waals surface area contributed by atoms with E-state index in [9.17, 15) is 14.3 Å². The monoisotopic (exact) mass is 150 g/mol. The van der Waals surface area contributed by atoms with Crippen LogP contribution in [-0.4, -0.2) is 5.97 Å². The highest BCUT2D eigenvalue weighted by atomic mass is 31.1. The molecule has 0 fully saturated rings. The molecule has 0 aliphatic carbocycles. The summed E-state index contributed by atoms with van der Waals surface area (Å²) in [5.74, 6) is -1.11. The summed E-state index contributed by atoms with van der Waals surface area (Å²) in [6, 6.07) is 0. The van der Waals surface area contributed by atoms with Gasteiger partial charge in [-0.1, -0.05) is 13.8 Å². The Morgan fingerprint density at radius 2 is 2.11 bits per heavy atom. The van der Waals surface area contributed by atoms with Gasteiger partial charge in [-0.05, 0) is 4.57 Å². The highest BCUT2D eigenvalue weighted by Gasteiger charge is 2.15. The van der Waals surface area contributed by atoms with E-state index in [1.54, 1.807) is 13.8 Å². The maximum Gasteiger partial charge on any atom is 0.542 e. The molecular formula is C4H7O4P. The third-order valence-corrected chi connectivity index (χ3v) is 0.965. The second-order valence-electron chi connectivity index (χ2n) is 1.79. The zero-order chi connectivity index (χ0) is 7.44. The van der Waals surface area contributed by atoms with E-state index in [0.717, 1.165) is 0 Å². The Morgan fingerprint density at radius 1 is 1.67 bits per heavy atom. The molecule has 0 saturated heterocycles. The van der Waals surface area contributed by atoms with Crippen molar-refractivity contribution in [2.24, 2.45) is 5.92 Å². The Labute approximate surface area is 53.8 Å². The van der Waals surface area contributed by atoms with E-state index in [0.29, 0.717) is 0 Å². The van der Waals surface area contributed by atoms with E-state index in [4.69, 9.17) is 0 Å². The summed E-state index contributed by atoms with van der Waals surface area (Å²) in [7, 11) is -3.02. The molecule has 0 radical (unpaired) electrons. The molecule has 0 spiro atoms. The SMILES string of the molecule is CC(C)C(=O)O[P+](=O)[O-]. The topological polar surface area (TPSA) is 66.4 Å². The van der Waals surface area contributed by atoms with Crippen molar-refractivity contribution >= 4 is 14.2 Å². The Morgan fingerprint density at radius 3 is 2.22 bits per heavy atom. The molecule has 0 saturated carbocycles. The molecule has 0 bridgehead atoms. The van der Waals surface area contributed by atoms with Crippen LogP contribution >= 0.6 is 8.25 Å². The first kappa shape index (κ1) is 8.53. The van der Waals surface area contributed by atoms with Crippen molar-refractivity contribution in [3.05, 3.63) is 0 Å². The highest BCUT2D eigenvalue weighted by Crippen LogP contribution is 2.12. The van der Waals surface area contributed by atoms with Crippen LogP contribution in [-0.2, 0) is 13.9 Å². The van der Waals surface area contributed by atoms with Crippen LogP contribution < -0.4 is 4.89 Å². The molecule has 0 aromatic heterocycles. The molecule has 0 N–H and O–H groups in total. The predicted octanol–water partition coefficient (Wildman–Crippen LogP) is 0.203. The van der Waals surface area contributed by atoms with Crippen LogP contribution in [0.15, 0.2) is 0 Å². The van der Waals surface area contributed by atoms with Gasteiger partial charge in [-0.2, -0.15) is 0 Å². The first-order valence-electron chi connectivity index (χ1n) is 2.40. The number of carbonyl (C=O) groups excluding carboxylic acids is 1. The second kappa shape index (κ2) is 3.54. The molecule has 0 aliphatic heterocycles. The van der Waals surface area contributed by atoms with Gasteiger partial charge in [0, 0.05) is 0 Å². The highest BCUT2D eigenvalue weighted by molar-refractivity contribution is 7.31. The largest absolute Gasteiger partial charge is 0.558 e. The summed E-state index contributed by atoms with van der Waals surface area (Å²) in [4.78, 5) is 20.1. The summed E-state index contributed by atoms with van der Waals surface area (Å²) in [6.45, 7) is 3.11. The third-order valence-electron chi connectivity index (χ3n) is 0.636. The maximum absolute atomic E-state index is 10.3. The fourth-order valence-electron chi connectivity index (χ4n) is 0.179. The Hall–Kier alpha value is -0.470. The first-order chi connectivity index (χ1) is 4.04. The van der Waals surface area contributed by atoms with Crippen molar-refractivity contribution in [1.82, 2.24) is 0 Å². The van der Waals surface area contributed by atoms with Crippen LogP contribution in [0.1, 0.15) is 13.8 Å². The fourth-order valence-corrected chi connectivity index (χ4v) is 0.537. The van der Waals surface area contributed by atoms with E-state index in [2.05, 4.69) is 4.52 Å². The van der Waals surface area contributed by atoms with Crippen LogP contribution in [0.25, 0.3) is 0 Å². The van der Waals surface area contributed by atoms with E-state index in [1.807, 2.05) is 0 Å². The van der Waals surface area contributed by atoms with E-state index < -0.39 is 20.1 Å². The molecule has 4 nitrogen and oxygen atoms in total. The lowest BCUT2D eigenvalue weighted by atomic mass is 10.2. The Bertz CT molecular complexity index is 131. The average molecular weight is 150 g/mol. The minimum Gasteiger partial charge on any atom is -0.558 e. The summed E-state index contributed by atoms with van der Waals surface area (Å²) < 4.78 is 13.5. The number of carbonyl (C=O) groups is 1. The van der Waals surface area contributed by atoms with Crippen LogP contribution in [0.4, 0.5) is 0 Å². The van der Waals surface area contributed by atoms with Crippen LogP contribution in [0.2, 0.25) is 0 Å². The fraction of sp³-hybridized carbons (Fsp3) is 0.750. The molecular weight excluding hydrogens is 143 g/mol. The molecule has 0 aromatic carbocycles. The smallest absolute Gasteiger partial charge is 0.542 e. The number of hydrogen-bond donors (Lipinski definition) is 0. The van der Waals surface area contributed by atoms with Gasteiger partial charge in [0.25, 0.3) is 0 Å². The quantitative estimate of drug-likeness (QED) is 0.527. The van der Waals surface area contributed by atoms with Gasteiger partial charge in [0.2, 0.25) is 0 Å². The Kier molecular flexibility index (Phi) is 3.35. The van der Waals surface area contributed by atoms with Crippen LogP contribution in [0.5, 0.6) is 0 Å². The number of hydrogen-bond acceptors (Lipinski definition) is 4. The molecule has 1 atom stereocenters. The van der Waals surface area contributed by atoms with Gasteiger partial charge < -0.3 is 4.89 Å². The average Bonchev–Trinajstić information content (AvgIpc) is 1.63. The number of rotatable bonds is 2. The van der Waals surface area contributed by atoms with Gasteiger partial charge in [-0.25, -0.2) is 9.32 Å². The predicted molar refractivity (Wildman–Crippen MR) is 28.5 cm³/mol. The van der Waals surface area contributed by atoms with Gasteiger partial charge in [-0.15, -0.1) is 0 Å². The van der Waals surface area contributed by atoms with Crippen molar-refractivity contribution in [2.75, 3.05) is 0 Å². The van der Waals surface area contributed by atoms with Gasteiger partial charge in [-0.3, -0.25) is 0 Å². The minimum atomic E-state index is -3.02. The Balaban J connectivity index is 3.64. The molecule has 52 valence electrons. The molecule has 0 rings (SSSR count). The normalized spacial score (nSPS) is 11.3. The van der Waals surface area contributed by atoms with Crippen molar-refractivity contribution < 1.29 is 18.8 Å². The van der Waals surface area contributed by atoms with E-state index in [1.165, 1.54) is 0 Å². The first-order valence-corrected chi connectivity index (χ1v) is 3.49. The summed E-state index contributed by atoms with van der Waals surface area (Å²) in [6.07, 6.45) is 0. The lowest BCUT2D eigenvalue weighted by Crippen LogP contribution is -2.09. The standard InChI is InChI=1S/C4H7O4P/c1-3(2)4(5)8-9(6)7/h3H,1-2H3. The molecule has 0 heterocycles. The van der Waals surface area contributed by atoms with E-state index >= 15 is 0 Å². The van der Waals surface area contributed by atoms with Crippen molar-refractivity contribution in [3.63, 3.8) is 0 Å². The molecule has 1 unspecified atom stereocenters. The molecule has 9 heavy (non-hydrogen) atoms. The molecule has 0 aliphatic rings. The van der Waals surface area contributed by atoms with Crippen molar-refractivity contribution in [3.8, 4) is 0 Å². The van der Waals surface area contributed by atoms with Gasteiger partial charge in [0.05, 0.1) is 5.92 Å². The minimum absolute atomic E-state index is 0.391. The molecule has 0 amide bonds. The van der Waals surface area contributed by atoms with Crippen LogP contribution in [0.3, 0.4) is 0 Å². The van der Waals surface area contributed by atoms with Gasteiger partial charge in [0.15, 0.2) is 0 Å². The van der Waals surface area contributed by atoms with Gasteiger partial charge in [0.1, 0.15) is 0 Å². The lowest BCUT2D eigenvalue weighted by molar-refractivity contribution is -0.189. The third kappa shape index (κ3) is 4.06. The van der Waals surface area contributed by atoms with Crippen LogP contribution in [0, 0.1) is 5.92 Å².